The number of hydrogen-bond donors (Lipinski definition) is 3. The molecule has 2 unspecified atom stereocenters. The number of amides is 1. The molecule has 1 aliphatic rings. The average molecular weight is 201 g/mol. The average Bonchev–Trinajstić information content (AvgIpc) is 2.63. The zero-order valence-electron chi connectivity index (χ0n) is 8.57. The Labute approximate surface area is 84.2 Å². The summed E-state index contributed by atoms with van der Waals surface area (Å²) in [6, 6.07) is 0.225. The molecule has 1 aliphatic heterocycles. The molecule has 0 aromatic rings. The van der Waals surface area contributed by atoms with Gasteiger partial charge in [-0.15, -0.1) is 0 Å². The number of hydrogen-bond acceptors (Lipinski definition) is 4. The second kappa shape index (κ2) is 5.29. The molecule has 1 heterocycles. The largest absolute Gasteiger partial charge is 0.395 e. The fourth-order valence-electron chi connectivity index (χ4n) is 1.92. The van der Waals surface area contributed by atoms with Crippen LogP contribution in [0.2, 0.25) is 0 Å². The molecule has 5 heteroatoms. The van der Waals surface area contributed by atoms with Gasteiger partial charge in [-0.3, -0.25) is 15.1 Å². The van der Waals surface area contributed by atoms with Crippen molar-refractivity contribution in [1.82, 2.24) is 10.3 Å². The smallest absolute Gasteiger partial charge is 0.237 e. The Balaban J connectivity index is 2.39. The van der Waals surface area contributed by atoms with E-state index >= 15 is 0 Å². The number of aliphatic hydroxyl groups excluding tert-OH is 1. The second-order valence-corrected chi connectivity index (χ2v) is 3.88. The highest BCUT2D eigenvalue weighted by Gasteiger charge is 2.26. The van der Waals surface area contributed by atoms with Crippen LogP contribution >= 0.6 is 0 Å². The van der Waals surface area contributed by atoms with Crippen LogP contribution in [-0.4, -0.2) is 41.7 Å². The summed E-state index contributed by atoms with van der Waals surface area (Å²) in [5, 5.41) is 9.08. The van der Waals surface area contributed by atoms with E-state index in [2.05, 4.69) is 10.3 Å². The van der Waals surface area contributed by atoms with Crippen LogP contribution in [-0.2, 0) is 4.79 Å². The molecule has 82 valence electrons. The number of nitrogens with zero attached hydrogens (tertiary/aromatic N) is 1. The lowest BCUT2D eigenvalue weighted by atomic mass is 10.1. The Morgan fingerprint density at radius 3 is 3.07 bits per heavy atom. The quantitative estimate of drug-likeness (QED) is 0.312. The van der Waals surface area contributed by atoms with Crippen molar-refractivity contribution in [2.75, 3.05) is 19.7 Å². The lowest BCUT2D eigenvalue weighted by molar-refractivity contribution is -0.125. The minimum absolute atomic E-state index is 0.118. The van der Waals surface area contributed by atoms with Crippen molar-refractivity contribution in [3.05, 3.63) is 0 Å². The highest BCUT2D eigenvalue weighted by atomic mass is 16.3. The maximum atomic E-state index is 11.2. The van der Waals surface area contributed by atoms with Crippen molar-refractivity contribution in [1.29, 1.82) is 0 Å². The number of likely N-dealkylation sites (tertiary alicyclic amines) is 1. The van der Waals surface area contributed by atoms with Crippen molar-refractivity contribution in [2.45, 2.75) is 25.8 Å². The van der Waals surface area contributed by atoms with Crippen molar-refractivity contribution in [2.24, 2.45) is 11.8 Å². The Morgan fingerprint density at radius 1 is 1.79 bits per heavy atom. The van der Waals surface area contributed by atoms with Gasteiger partial charge in [-0.2, -0.15) is 0 Å². The van der Waals surface area contributed by atoms with E-state index in [-0.39, 0.29) is 24.5 Å². The first-order valence-electron chi connectivity index (χ1n) is 5.04. The normalized spacial score (nSPS) is 24.9. The minimum atomic E-state index is -0.145. The number of carbonyl (C=O) groups excluding carboxylic acids is 1. The van der Waals surface area contributed by atoms with E-state index in [4.69, 9.17) is 10.9 Å². The maximum Gasteiger partial charge on any atom is 0.237 e. The van der Waals surface area contributed by atoms with Gasteiger partial charge in [0.1, 0.15) is 0 Å². The Hall–Kier alpha value is -0.650. The highest BCUT2D eigenvalue weighted by Crippen LogP contribution is 2.17. The number of rotatable bonds is 4. The molecule has 1 rings (SSSR count). The summed E-state index contributed by atoms with van der Waals surface area (Å²) in [6.45, 7) is 3.66. The Morgan fingerprint density at radius 2 is 2.50 bits per heavy atom. The lowest BCUT2D eigenvalue weighted by Crippen LogP contribution is -2.42. The van der Waals surface area contributed by atoms with E-state index in [1.807, 2.05) is 6.92 Å². The van der Waals surface area contributed by atoms with Gasteiger partial charge < -0.3 is 5.11 Å². The summed E-state index contributed by atoms with van der Waals surface area (Å²) in [4.78, 5) is 13.3. The second-order valence-electron chi connectivity index (χ2n) is 3.88. The fraction of sp³-hybridized carbons (Fsp3) is 0.889. The zero-order valence-corrected chi connectivity index (χ0v) is 8.57. The van der Waals surface area contributed by atoms with Gasteiger partial charge in [0.05, 0.1) is 6.61 Å². The SMILES string of the molecule is CC(CN1CCCC1CO)C(=O)NN. The predicted molar refractivity (Wildman–Crippen MR) is 53.2 cm³/mol. The zero-order chi connectivity index (χ0) is 10.6. The highest BCUT2D eigenvalue weighted by molar-refractivity contribution is 5.77. The van der Waals surface area contributed by atoms with Gasteiger partial charge in [0.15, 0.2) is 0 Å². The molecule has 0 radical (unpaired) electrons. The molecule has 1 amide bonds. The molecule has 1 fully saturated rings. The molecule has 0 saturated carbocycles. The molecule has 0 aromatic carbocycles. The lowest BCUT2D eigenvalue weighted by Gasteiger charge is -2.25. The van der Waals surface area contributed by atoms with Gasteiger partial charge in [-0.05, 0) is 19.4 Å². The number of nitrogens with two attached hydrogens (primary N) is 1. The molecular formula is C9H19N3O2. The summed E-state index contributed by atoms with van der Waals surface area (Å²) < 4.78 is 0. The van der Waals surface area contributed by atoms with Crippen LogP contribution in [0.3, 0.4) is 0 Å². The van der Waals surface area contributed by atoms with Crippen molar-refractivity contribution in [3.8, 4) is 0 Å². The third-order valence-corrected chi connectivity index (χ3v) is 2.81. The molecule has 1 saturated heterocycles. The standard InChI is InChI=1S/C9H19N3O2/c1-7(9(14)11-10)5-12-4-2-3-8(12)6-13/h7-8,13H,2-6,10H2,1H3,(H,11,14). The molecule has 2 atom stereocenters. The summed E-state index contributed by atoms with van der Waals surface area (Å²) >= 11 is 0. The van der Waals surface area contributed by atoms with Gasteiger partial charge in [0.25, 0.3) is 0 Å². The molecule has 0 bridgehead atoms. The summed E-state index contributed by atoms with van der Waals surface area (Å²) in [5.41, 5.74) is 2.14. The van der Waals surface area contributed by atoms with E-state index in [0.717, 1.165) is 19.4 Å². The van der Waals surface area contributed by atoms with E-state index < -0.39 is 0 Å². The third-order valence-electron chi connectivity index (χ3n) is 2.81. The first-order valence-corrected chi connectivity index (χ1v) is 5.04. The van der Waals surface area contributed by atoms with E-state index in [9.17, 15) is 4.79 Å². The van der Waals surface area contributed by atoms with Gasteiger partial charge in [-0.25, -0.2) is 5.84 Å². The third kappa shape index (κ3) is 2.67. The molecule has 14 heavy (non-hydrogen) atoms. The fourth-order valence-corrected chi connectivity index (χ4v) is 1.92. The van der Waals surface area contributed by atoms with Crippen LogP contribution in [0.15, 0.2) is 0 Å². The molecule has 0 spiro atoms. The van der Waals surface area contributed by atoms with Crippen LogP contribution in [0.1, 0.15) is 19.8 Å². The number of nitrogens with one attached hydrogen (secondary N) is 1. The van der Waals surface area contributed by atoms with Crippen molar-refractivity contribution >= 4 is 5.91 Å². The molecular weight excluding hydrogens is 182 g/mol. The number of carbonyl (C=O) groups is 1. The van der Waals surface area contributed by atoms with E-state index in [1.54, 1.807) is 0 Å². The maximum absolute atomic E-state index is 11.2. The van der Waals surface area contributed by atoms with Crippen molar-refractivity contribution < 1.29 is 9.90 Å². The minimum Gasteiger partial charge on any atom is -0.395 e. The summed E-state index contributed by atoms with van der Waals surface area (Å²) in [5.74, 6) is 4.78. The summed E-state index contributed by atoms with van der Waals surface area (Å²) in [7, 11) is 0. The molecule has 0 aliphatic carbocycles. The number of aliphatic hydroxyl groups is 1. The first kappa shape index (κ1) is 11.4. The van der Waals surface area contributed by atoms with Crippen LogP contribution in [0, 0.1) is 5.92 Å². The van der Waals surface area contributed by atoms with E-state index in [1.165, 1.54) is 0 Å². The van der Waals surface area contributed by atoms with Crippen molar-refractivity contribution in [3.63, 3.8) is 0 Å². The van der Waals surface area contributed by atoms with Crippen LogP contribution in [0.25, 0.3) is 0 Å². The molecule has 4 N–H and O–H groups in total. The van der Waals surface area contributed by atoms with Crippen LogP contribution < -0.4 is 11.3 Å². The molecule has 5 nitrogen and oxygen atoms in total. The van der Waals surface area contributed by atoms with Gasteiger partial charge in [-0.1, -0.05) is 6.92 Å². The van der Waals surface area contributed by atoms with Gasteiger partial charge in [0.2, 0.25) is 5.91 Å². The Kier molecular flexibility index (Phi) is 4.31. The van der Waals surface area contributed by atoms with Gasteiger partial charge in [0, 0.05) is 18.5 Å². The monoisotopic (exact) mass is 201 g/mol. The van der Waals surface area contributed by atoms with Crippen LogP contribution in [0.5, 0.6) is 0 Å². The number of hydrazine groups is 1. The topological polar surface area (TPSA) is 78.6 Å². The predicted octanol–water partition coefficient (Wildman–Crippen LogP) is -0.931. The molecule has 0 aromatic heterocycles. The summed E-state index contributed by atoms with van der Waals surface area (Å²) in [6.07, 6.45) is 2.12. The van der Waals surface area contributed by atoms with E-state index in [0.29, 0.717) is 6.54 Å². The van der Waals surface area contributed by atoms with Crippen LogP contribution in [0.4, 0.5) is 0 Å². The van der Waals surface area contributed by atoms with Gasteiger partial charge >= 0.3 is 0 Å². The first-order chi connectivity index (χ1) is 6.69. The Bertz CT molecular complexity index is 198.